The van der Waals surface area contributed by atoms with Crippen molar-refractivity contribution >= 4 is 40.7 Å². The molecule has 0 saturated heterocycles. The lowest BCUT2D eigenvalue weighted by molar-refractivity contribution is -0.121. The molecule has 2 N–H and O–H groups in total. The molecule has 0 saturated carbocycles. The number of carbonyl (C=O) groups excluding carboxylic acids is 3. The first-order valence-corrected chi connectivity index (χ1v) is 10.1. The summed E-state index contributed by atoms with van der Waals surface area (Å²) in [4.78, 5) is 39.0. The predicted molar refractivity (Wildman–Crippen MR) is 117 cm³/mol. The minimum Gasteiger partial charge on any atom is -0.459 e. The van der Waals surface area contributed by atoms with E-state index in [0.29, 0.717) is 29.4 Å². The normalized spacial score (nSPS) is 15.2. The van der Waals surface area contributed by atoms with Gasteiger partial charge in [0.15, 0.2) is 5.76 Å². The zero-order chi connectivity index (χ0) is 22.0. The summed E-state index contributed by atoms with van der Waals surface area (Å²) >= 11 is 6.21. The molecule has 0 spiro atoms. The maximum Gasteiger partial charge on any atom is 0.290 e. The van der Waals surface area contributed by atoms with E-state index >= 15 is 0 Å². The van der Waals surface area contributed by atoms with Crippen LogP contribution in [-0.2, 0) is 22.6 Å². The maximum atomic E-state index is 13.2. The number of hydrogen-bond acceptors (Lipinski definition) is 4. The van der Waals surface area contributed by atoms with E-state index in [-0.39, 0.29) is 23.5 Å². The Morgan fingerprint density at radius 2 is 1.81 bits per heavy atom. The zero-order valence-corrected chi connectivity index (χ0v) is 17.5. The van der Waals surface area contributed by atoms with Crippen LogP contribution < -0.4 is 10.6 Å². The van der Waals surface area contributed by atoms with Gasteiger partial charge in [-0.3, -0.25) is 14.4 Å². The van der Waals surface area contributed by atoms with Crippen molar-refractivity contribution in [3.8, 4) is 0 Å². The van der Waals surface area contributed by atoms with Crippen LogP contribution in [0.4, 0.5) is 11.4 Å². The minimum absolute atomic E-state index is 0.180. The van der Waals surface area contributed by atoms with E-state index in [4.69, 9.17) is 16.0 Å². The third-order valence-corrected chi connectivity index (χ3v) is 5.40. The highest BCUT2D eigenvalue weighted by Gasteiger charge is 2.36. The Hall–Kier alpha value is -3.58. The lowest BCUT2D eigenvalue weighted by Crippen LogP contribution is -2.50. The van der Waals surface area contributed by atoms with Crippen molar-refractivity contribution < 1.29 is 18.8 Å². The smallest absolute Gasteiger partial charge is 0.290 e. The molecule has 1 aromatic heterocycles. The third-order valence-electron chi connectivity index (χ3n) is 5.09. The van der Waals surface area contributed by atoms with Gasteiger partial charge in [0.05, 0.1) is 17.0 Å². The molecule has 1 atom stereocenters. The first-order valence-electron chi connectivity index (χ1n) is 9.71. The fraction of sp³-hybridized carbons (Fsp3) is 0.174. The lowest BCUT2D eigenvalue weighted by atomic mass is 9.93. The molecule has 1 aliphatic heterocycles. The average molecular weight is 438 g/mol. The number of halogens is 1. The van der Waals surface area contributed by atoms with Crippen molar-refractivity contribution in [2.24, 2.45) is 0 Å². The Balaban J connectivity index is 1.59. The first-order chi connectivity index (χ1) is 14.9. The largest absolute Gasteiger partial charge is 0.459 e. The van der Waals surface area contributed by atoms with Crippen LogP contribution in [0.5, 0.6) is 0 Å². The quantitative estimate of drug-likeness (QED) is 0.642. The van der Waals surface area contributed by atoms with Crippen molar-refractivity contribution in [3.63, 3.8) is 0 Å². The van der Waals surface area contributed by atoms with Gasteiger partial charge >= 0.3 is 0 Å². The second kappa shape index (κ2) is 8.65. The minimum atomic E-state index is -0.721. The zero-order valence-electron chi connectivity index (χ0n) is 16.7. The molecule has 158 valence electrons. The van der Waals surface area contributed by atoms with E-state index in [9.17, 15) is 14.4 Å². The van der Waals surface area contributed by atoms with Gasteiger partial charge in [0.25, 0.3) is 5.91 Å². The molecule has 0 aliphatic carbocycles. The molecule has 0 radical (unpaired) electrons. The summed E-state index contributed by atoms with van der Waals surface area (Å²) in [6.45, 7) is 1.69. The van der Waals surface area contributed by atoms with Crippen molar-refractivity contribution in [2.45, 2.75) is 25.9 Å². The van der Waals surface area contributed by atoms with Crippen LogP contribution in [0.2, 0.25) is 5.02 Å². The molecule has 31 heavy (non-hydrogen) atoms. The summed E-state index contributed by atoms with van der Waals surface area (Å²) < 4.78 is 5.27. The number of furan rings is 1. The molecule has 2 aromatic carbocycles. The number of hydrogen-bond donors (Lipinski definition) is 2. The molecule has 4 rings (SSSR count). The van der Waals surface area contributed by atoms with Crippen LogP contribution in [0.3, 0.4) is 0 Å². The van der Waals surface area contributed by atoms with Gasteiger partial charge in [0.2, 0.25) is 11.8 Å². The number of rotatable bonds is 4. The Morgan fingerprint density at radius 1 is 1.03 bits per heavy atom. The van der Waals surface area contributed by atoms with E-state index in [2.05, 4.69) is 10.6 Å². The monoisotopic (exact) mass is 437 g/mol. The fourth-order valence-corrected chi connectivity index (χ4v) is 3.85. The highest BCUT2D eigenvalue weighted by atomic mass is 35.5. The summed E-state index contributed by atoms with van der Waals surface area (Å²) in [6, 6.07) is 15.0. The van der Waals surface area contributed by atoms with Gasteiger partial charge in [0.1, 0.15) is 6.04 Å². The fourth-order valence-electron chi connectivity index (χ4n) is 3.62. The van der Waals surface area contributed by atoms with E-state index in [1.165, 1.54) is 18.1 Å². The summed E-state index contributed by atoms with van der Waals surface area (Å²) in [6.07, 6.45) is 1.81. The van der Waals surface area contributed by atoms with Crippen LogP contribution in [0, 0.1) is 0 Å². The van der Waals surface area contributed by atoms with Crippen molar-refractivity contribution in [3.05, 3.63) is 82.8 Å². The molecule has 2 heterocycles. The number of amides is 3. The van der Waals surface area contributed by atoms with Crippen molar-refractivity contribution in [1.29, 1.82) is 0 Å². The number of nitrogens with one attached hydrogen (secondary N) is 2. The summed E-state index contributed by atoms with van der Waals surface area (Å²) in [5, 5.41) is 5.75. The van der Waals surface area contributed by atoms with Crippen molar-refractivity contribution in [1.82, 2.24) is 4.90 Å². The van der Waals surface area contributed by atoms with Gasteiger partial charge in [-0.25, -0.2) is 0 Å². The topological polar surface area (TPSA) is 91.7 Å². The molecule has 0 bridgehead atoms. The molecule has 3 amide bonds. The van der Waals surface area contributed by atoms with Crippen LogP contribution in [0.25, 0.3) is 0 Å². The summed E-state index contributed by atoms with van der Waals surface area (Å²) in [5.41, 5.74) is 2.93. The Kier molecular flexibility index (Phi) is 5.77. The van der Waals surface area contributed by atoms with Crippen LogP contribution in [0.1, 0.15) is 28.6 Å². The molecular formula is C23H20ClN3O4. The number of anilines is 2. The van der Waals surface area contributed by atoms with Gasteiger partial charge in [-0.15, -0.1) is 0 Å². The first kappa shape index (κ1) is 20.7. The molecule has 8 heteroatoms. The van der Waals surface area contributed by atoms with Crippen LogP contribution in [0.15, 0.2) is 65.3 Å². The Bertz CT molecular complexity index is 1140. The van der Waals surface area contributed by atoms with Crippen LogP contribution in [-0.4, -0.2) is 28.7 Å². The second-order valence-electron chi connectivity index (χ2n) is 7.26. The highest BCUT2D eigenvalue weighted by molar-refractivity contribution is 6.34. The van der Waals surface area contributed by atoms with Gasteiger partial charge in [-0.2, -0.15) is 0 Å². The van der Waals surface area contributed by atoms with Crippen LogP contribution >= 0.6 is 11.6 Å². The molecular weight excluding hydrogens is 418 g/mol. The number of nitrogens with zero attached hydrogens (tertiary/aromatic N) is 1. The number of carbonyl (C=O) groups is 3. The van der Waals surface area contributed by atoms with Gasteiger partial charge in [-0.1, -0.05) is 35.9 Å². The molecule has 1 aliphatic rings. The molecule has 7 nitrogen and oxygen atoms in total. The number of fused-ring (bicyclic) bond motifs is 1. The van der Waals surface area contributed by atoms with Gasteiger partial charge < -0.3 is 20.0 Å². The van der Waals surface area contributed by atoms with E-state index < -0.39 is 6.04 Å². The van der Waals surface area contributed by atoms with E-state index in [1.807, 2.05) is 24.3 Å². The summed E-state index contributed by atoms with van der Waals surface area (Å²) in [5.74, 6) is -0.747. The molecule has 0 fully saturated rings. The highest BCUT2D eigenvalue weighted by Crippen LogP contribution is 2.28. The summed E-state index contributed by atoms with van der Waals surface area (Å²) in [7, 11) is 0. The average Bonchev–Trinajstić information content (AvgIpc) is 3.29. The Morgan fingerprint density at radius 3 is 2.48 bits per heavy atom. The van der Waals surface area contributed by atoms with Crippen molar-refractivity contribution in [2.75, 3.05) is 10.6 Å². The van der Waals surface area contributed by atoms with E-state index in [1.54, 1.807) is 30.3 Å². The molecule has 3 aromatic rings. The van der Waals surface area contributed by atoms with E-state index in [0.717, 1.165) is 11.1 Å². The number of benzene rings is 2. The lowest BCUT2D eigenvalue weighted by Gasteiger charge is -2.35. The molecule has 1 unspecified atom stereocenters. The standard InChI is InChI=1S/C23H20ClN3O4/c1-14(28)25-19-9-8-17(12-18(19)24)26-22(29)20-11-15-5-2-3-6-16(15)13-27(20)23(30)21-7-4-10-31-21/h2-10,12,20H,11,13H2,1H3,(H,25,28)(H,26,29). The predicted octanol–water partition coefficient (Wildman–Crippen LogP) is 4.10. The van der Waals surface area contributed by atoms with Gasteiger partial charge in [-0.05, 0) is 41.5 Å². The Labute approximate surface area is 184 Å². The maximum absolute atomic E-state index is 13.2. The SMILES string of the molecule is CC(=O)Nc1ccc(NC(=O)C2Cc3ccccc3CN2C(=O)c2ccco2)cc1Cl. The van der Waals surface area contributed by atoms with Gasteiger partial charge in [0, 0.05) is 25.6 Å². The third kappa shape index (κ3) is 4.46. The second-order valence-corrected chi connectivity index (χ2v) is 7.67.